The highest BCUT2D eigenvalue weighted by Crippen LogP contribution is 2.19. The Morgan fingerprint density at radius 2 is 2.50 bits per heavy atom. The number of nitrogens with zero attached hydrogens (tertiary/aromatic N) is 2. The molecule has 2 heterocycles. The highest BCUT2D eigenvalue weighted by Gasteiger charge is 2.28. The van der Waals surface area contributed by atoms with Gasteiger partial charge in [-0.25, -0.2) is 4.98 Å². The maximum absolute atomic E-state index is 12.9. The Labute approximate surface area is 92.7 Å². The van der Waals surface area contributed by atoms with Crippen LogP contribution in [0.25, 0.3) is 0 Å². The van der Waals surface area contributed by atoms with E-state index in [-0.39, 0.29) is 24.1 Å². The van der Waals surface area contributed by atoms with E-state index in [1.54, 1.807) is 4.90 Å². The Balaban J connectivity index is 2.18. The van der Waals surface area contributed by atoms with E-state index in [1.807, 2.05) is 0 Å². The average molecular weight is 224 g/mol. The zero-order valence-corrected chi connectivity index (χ0v) is 8.77. The number of hydrogen-bond acceptors (Lipinski definition) is 3. The molecule has 1 fully saturated rings. The summed E-state index contributed by atoms with van der Waals surface area (Å²) in [6, 6.07) is 2.47. The molecule has 1 amide bonds. The zero-order valence-electron chi connectivity index (χ0n) is 8.77. The fourth-order valence-corrected chi connectivity index (χ4v) is 1.99. The van der Waals surface area contributed by atoms with Crippen LogP contribution in [0.3, 0.4) is 0 Å². The van der Waals surface area contributed by atoms with Crippen LogP contribution in [0.15, 0.2) is 18.3 Å². The minimum absolute atomic E-state index is 0.0424. The first-order valence-corrected chi connectivity index (χ1v) is 5.26. The number of rotatable bonds is 2. The molecule has 0 spiro atoms. The molecule has 0 aliphatic carbocycles. The number of aliphatic hydroxyl groups excluding tert-OH is 1. The fourth-order valence-electron chi connectivity index (χ4n) is 1.99. The summed E-state index contributed by atoms with van der Waals surface area (Å²) in [5.74, 6) is -0.900. The molecule has 1 atom stereocenters. The van der Waals surface area contributed by atoms with Crippen molar-refractivity contribution in [3.05, 3.63) is 29.8 Å². The smallest absolute Gasteiger partial charge is 0.254 e. The van der Waals surface area contributed by atoms with Gasteiger partial charge in [-0.3, -0.25) is 4.79 Å². The molecule has 0 unspecified atom stereocenters. The van der Waals surface area contributed by atoms with E-state index in [4.69, 9.17) is 5.11 Å². The maximum atomic E-state index is 12.9. The molecule has 0 saturated carbocycles. The average Bonchev–Trinajstić information content (AvgIpc) is 2.76. The summed E-state index contributed by atoms with van der Waals surface area (Å²) in [5.41, 5.74) is 0.285. The molecule has 86 valence electrons. The topological polar surface area (TPSA) is 53.4 Å². The lowest BCUT2D eigenvalue weighted by molar-refractivity contribution is 0.0677. The van der Waals surface area contributed by atoms with Crippen LogP contribution in [-0.4, -0.2) is 40.1 Å². The lowest BCUT2D eigenvalue weighted by Crippen LogP contribution is -2.37. The van der Waals surface area contributed by atoms with Gasteiger partial charge in [-0.05, 0) is 18.9 Å². The lowest BCUT2D eigenvalue weighted by Gasteiger charge is -2.22. The number of hydrogen-bond donors (Lipinski definition) is 1. The predicted octanol–water partition coefficient (Wildman–Crippen LogP) is 0.818. The van der Waals surface area contributed by atoms with E-state index in [9.17, 15) is 9.18 Å². The molecule has 5 heteroatoms. The SMILES string of the molecule is O=C(c1ccnc(F)c1)N1CCC[C@H]1CO. The van der Waals surface area contributed by atoms with Crippen molar-refractivity contribution >= 4 is 5.91 Å². The van der Waals surface area contributed by atoms with Gasteiger partial charge in [-0.1, -0.05) is 0 Å². The molecule has 16 heavy (non-hydrogen) atoms. The van der Waals surface area contributed by atoms with Crippen molar-refractivity contribution in [3.63, 3.8) is 0 Å². The minimum Gasteiger partial charge on any atom is -0.394 e. The summed E-state index contributed by atoms with van der Waals surface area (Å²) in [4.78, 5) is 17.0. The predicted molar refractivity (Wildman–Crippen MR) is 55.3 cm³/mol. The number of likely N-dealkylation sites (tertiary alicyclic amines) is 1. The summed E-state index contributed by atoms with van der Waals surface area (Å²) in [7, 11) is 0. The number of pyridine rings is 1. The first-order chi connectivity index (χ1) is 7.72. The zero-order chi connectivity index (χ0) is 11.5. The molecular weight excluding hydrogens is 211 g/mol. The summed E-state index contributed by atoms with van der Waals surface area (Å²) in [6.45, 7) is 0.577. The van der Waals surface area contributed by atoms with Crippen LogP contribution in [0, 0.1) is 5.95 Å². The molecule has 0 bridgehead atoms. The summed E-state index contributed by atoms with van der Waals surface area (Å²) >= 11 is 0. The highest BCUT2D eigenvalue weighted by atomic mass is 19.1. The molecule has 1 aliphatic rings. The van der Waals surface area contributed by atoms with E-state index in [0.29, 0.717) is 6.54 Å². The Morgan fingerprint density at radius 3 is 3.19 bits per heavy atom. The van der Waals surface area contributed by atoms with E-state index < -0.39 is 5.95 Å². The summed E-state index contributed by atoms with van der Waals surface area (Å²) < 4.78 is 12.9. The lowest BCUT2D eigenvalue weighted by atomic mass is 10.2. The number of halogens is 1. The number of aromatic nitrogens is 1. The summed E-state index contributed by atoms with van der Waals surface area (Å²) in [6.07, 6.45) is 2.95. The fraction of sp³-hybridized carbons (Fsp3) is 0.455. The molecule has 0 radical (unpaired) electrons. The van der Waals surface area contributed by atoms with Gasteiger partial charge in [-0.2, -0.15) is 4.39 Å². The third-order valence-electron chi connectivity index (χ3n) is 2.82. The quantitative estimate of drug-likeness (QED) is 0.756. The van der Waals surface area contributed by atoms with E-state index in [1.165, 1.54) is 12.3 Å². The van der Waals surface area contributed by atoms with Crippen LogP contribution >= 0.6 is 0 Å². The molecular formula is C11H13FN2O2. The van der Waals surface area contributed by atoms with Gasteiger partial charge in [0.2, 0.25) is 5.95 Å². The van der Waals surface area contributed by atoms with Crippen molar-refractivity contribution in [2.75, 3.05) is 13.2 Å². The Hall–Kier alpha value is -1.49. The molecule has 1 saturated heterocycles. The van der Waals surface area contributed by atoms with Crippen molar-refractivity contribution in [3.8, 4) is 0 Å². The van der Waals surface area contributed by atoms with Gasteiger partial charge in [0.15, 0.2) is 0 Å². The second-order valence-electron chi connectivity index (χ2n) is 3.84. The van der Waals surface area contributed by atoms with Crippen molar-refractivity contribution < 1.29 is 14.3 Å². The molecule has 1 N–H and O–H groups in total. The van der Waals surface area contributed by atoms with Gasteiger partial charge >= 0.3 is 0 Å². The van der Waals surface area contributed by atoms with Crippen LogP contribution in [0.4, 0.5) is 4.39 Å². The standard InChI is InChI=1S/C11H13FN2O2/c12-10-6-8(3-4-13-10)11(16)14-5-1-2-9(14)7-15/h3-4,6,9,15H,1-2,5,7H2/t9-/m0/s1. The highest BCUT2D eigenvalue weighted by molar-refractivity contribution is 5.94. The van der Waals surface area contributed by atoms with Crippen molar-refractivity contribution in [2.24, 2.45) is 0 Å². The normalized spacial score (nSPS) is 20.1. The van der Waals surface area contributed by atoms with Crippen molar-refractivity contribution in [2.45, 2.75) is 18.9 Å². The second-order valence-corrected chi connectivity index (χ2v) is 3.84. The van der Waals surface area contributed by atoms with Crippen LogP contribution < -0.4 is 0 Å². The third-order valence-corrected chi connectivity index (χ3v) is 2.82. The van der Waals surface area contributed by atoms with E-state index in [0.717, 1.165) is 18.9 Å². The van der Waals surface area contributed by atoms with Gasteiger partial charge in [0, 0.05) is 24.4 Å². The van der Waals surface area contributed by atoms with Crippen molar-refractivity contribution in [1.82, 2.24) is 9.88 Å². The van der Waals surface area contributed by atoms with E-state index in [2.05, 4.69) is 4.98 Å². The van der Waals surface area contributed by atoms with Crippen LogP contribution in [0.1, 0.15) is 23.2 Å². The Kier molecular flexibility index (Phi) is 3.14. The number of amides is 1. The van der Waals surface area contributed by atoms with Crippen LogP contribution in [-0.2, 0) is 0 Å². The van der Waals surface area contributed by atoms with Crippen LogP contribution in [0.2, 0.25) is 0 Å². The Bertz CT molecular complexity index is 397. The molecule has 2 rings (SSSR count). The van der Waals surface area contributed by atoms with Gasteiger partial charge < -0.3 is 10.0 Å². The molecule has 4 nitrogen and oxygen atoms in total. The molecule has 1 aromatic heterocycles. The van der Waals surface area contributed by atoms with Gasteiger partial charge in [0.25, 0.3) is 5.91 Å². The van der Waals surface area contributed by atoms with Gasteiger partial charge in [-0.15, -0.1) is 0 Å². The minimum atomic E-state index is -0.661. The van der Waals surface area contributed by atoms with Gasteiger partial charge in [0.05, 0.1) is 12.6 Å². The monoisotopic (exact) mass is 224 g/mol. The largest absolute Gasteiger partial charge is 0.394 e. The van der Waals surface area contributed by atoms with Crippen molar-refractivity contribution in [1.29, 1.82) is 0 Å². The number of aliphatic hydroxyl groups is 1. The van der Waals surface area contributed by atoms with E-state index >= 15 is 0 Å². The first kappa shape index (κ1) is 11.0. The molecule has 0 aromatic carbocycles. The number of carbonyl (C=O) groups excluding carboxylic acids is 1. The second kappa shape index (κ2) is 4.57. The number of carbonyl (C=O) groups is 1. The summed E-state index contributed by atoms with van der Waals surface area (Å²) in [5, 5.41) is 9.11. The third kappa shape index (κ3) is 2.04. The Morgan fingerprint density at radius 1 is 1.69 bits per heavy atom. The molecule has 1 aromatic rings. The van der Waals surface area contributed by atoms with Gasteiger partial charge in [0.1, 0.15) is 0 Å². The van der Waals surface area contributed by atoms with Crippen LogP contribution in [0.5, 0.6) is 0 Å². The maximum Gasteiger partial charge on any atom is 0.254 e. The molecule has 1 aliphatic heterocycles. The first-order valence-electron chi connectivity index (χ1n) is 5.26.